The molecule has 0 bridgehead atoms. The second kappa shape index (κ2) is 7.78. The summed E-state index contributed by atoms with van der Waals surface area (Å²) in [5, 5.41) is 10.6. The lowest BCUT2D eigenvalue weighted by molar-refractivity contribution is 0.0535. The standard InChI is InChI=1S/C18H29NO/c1-3-4-7-15-9-11-16(12-10-15)18(20)14(2)17-8-5-6-13-19-17/h5-6,8,13-16,18,20H,3-4,7,9-12H2,1-2H3. The van der Waals surface area contributed by atoms with E-state index < -0.39 is 0 Å². The van der Waals surface area contributed by atoms with Gasteiger partial charge in [0.1, 0.15) is 0 Å². The highest BCUT2D eigenvalue weighted by molar-refractivity contribution is 5.10. The van der Waals surface area contributed by atoms with Crippen LogP contribution >= 0.6 is 0 Å². The number of rotatable bonds is 6. The molecule has 2 unspecified atom stereocenters. The molecule has 0 aliphatic heterocycles. The predicted octanol–water partition coefficient (Wildman–Crippen LogP) is 4.54. The minimum Gasteiger partial charge on any atom is -0.392 e. The summed E-state index contributed by atoms with van der Waals surface area (Å²) >= 11 is 0. The summed E-state index contributed by atoms with van der Waals surface area (Å²) in [7, 11) is 0. The van der Waals surface area contributed by atoms with Gasteiger partial charge in [-0.15, -0.1) is 0 Å². The Labute approximate surface area is 123 Å². The normalized spacial score (nSPS) is 26.1. The van der Waals surface area contributed by atoms with Crippen LogP contribution in [-0.2, 0) is 0 Å². The Hall–Kier alpha value is -0.890. The lowest BCUT2D eigenvalue weighted by Crippen LogP contribution is -2.30. The van der Waals surface area contributed by atoms with E-state index in [0.29, 0.717) is 5.92 Å². The maximum Gasteiger partial charge on any atom is 0.0649 e. The topological polar surface area (TPSA) is 33.1 Å². The average molecular weight is 275 g/mol. The van der Waals surface area contributed by atoms with Crippen LogP contribution in [0.25, 0.3) is 0 Å². The average Bonchev–Trinajstić information content (AvgIpc) is 2.53. The number of nitrogens with zero attached hydrogens (tertiary/aromatic N) is 1. The van der Waals surface area contributed by atoms with Crippen molar-refractivity contribution < 1.29 is 5.11 Å². The molecule has 1 aromatic heterocycles. The fourth-order valence-electron chi connectivity index (χ4n) is 3.54. The molecule has 1 N–H and O–H groups in total. The van der Waals surface area contributed by atoms with Crippen molar-refractivity contribution in [1.29, 1.82) is 0 Å². The van der Waals surface area contributed by atoms with E-state index in [2.05, 4.69) is 18.8 Å². The van der Waals surface area contributed by atoms with E-state index in [9.17, 15) is 5.11 Å². The van der Waals surface area contributed by atoms with Crippen molar-refractivity contribution in [3.05, 3.63) is 30.1 Å². The van der Waals surface area contributed by atoms with Crippen molar-refractivity contribution in [2.45, 2.75) is 70.8 Å². The molecule has 1 heterocycles. The molecule has 0 amide bonds. The fraction of sp³-hybridized carbons (Fsp3) is 0.722. The van der Waals surface area contributed by atoms with Crippen molar-refractivity contribution >= 4 is 0 Å². The van der Waals surface area contributed by atoms with Crippen LogP contribution in [0.1, 0.15) is 70.4 Å². The highest BCUT2D eigenvalue weighted by atomic mass is 16.3. The summed E-state index contributed by atoms with van der Waals surface area (Å²) < 4.78 is 0. The van der Waals surface area contributed by atoms with E-state index in [4.69, 9.17) is 0 Å². The smallest absolute Gasteiger partial charge is 0.0649 e. The third kappa shape index (κ3) is 4.05. The number of hydrogen-bond donors (Lipinski definition) is 1. The first-order valence-electron chi connectivity index (χ1n) is 8.31. The summed E-state index contributed by atoms with van der Waals surface area (Å²) in [5.41, 5.74) is 1.02. The van der Waals surface area contributed by atoms with Gasteiger partial charge < -0.3 is 5.11 Å². The zero-order valence-corrected chi connectivity index (χ0v) is 13.0. The van der Waals surface area contributed by atoms with Gasteiger partial charge in [-0.3, -0.25) is 4.98 Å². The van der Waals surface area contributed by atoms with Crippen molar-refractivity contribution in [2.24, 2.45) is 11.8 Å². The second-order valence-corrected chi connectivity index (χ2v) is 6.46. The van der Waals surface area contributed by atoms with Gasteiger partial charge in [0.15, 0.2) is 0 Å². The zero-order chi connectivity index (χ0) is 14.4. The van der Waals surface area contributed by atoms with Crippen molar-refractivity contribution in [2.75, 3.05) is 0 Å². The lowest BCUT2D eigenvalue weighted by Gasteiger charge is -2.34. The van der Waals surface area contributed by atoms with E-state index in [1.165, 1.54) is 44.9 Å². The minimum absolute atomic E-state index is 0.147. The molecule has 2 nitrogen and oxygen atoms in total. The molecule has 0 radical (unpaired) electrons. The first-order chi connectivity index (χ1) is 9.72. The highest BCUT2D eigenvalue weighted by Crippen LogP contribution is 2.36. The Balaban J connectivity index is 1.84. The summed E-state index contributed by atoms with van der Waals surface area (Å²) in [4.78, 5) is 4.39. The second-order valence-electron chi connectivity index (χ2n) is 6.46. The van der Waals surface area contributed by atoms with Crippen LogP contribution in [0, 0.1) is 11.8 Å². The van der Waals surface area contributed by atoms with Crippen molar-refractivity contribution in [3.8, 4) is 0 Å². The Bertz CT molecular complexity index is 370. The highest BCUT2D eigenvalue weighted by Gasteiger charge is 2.30. The molecule has 20 heavy (non-hydrogen) atoms. The molecule has 1 aliphatic rings. The molecule has 1 saturated carbocycles. The molecule has 2 atom stereocenters. The van der Waals surface area contributed by atoms with E-state index in [-0.39, 0.29) is 12.0 Å². The van der Waals surface area contributed by atoms with Gasteiger partial charge in [-0.2, -0.15) is 0 Å². The molecular weight excluding hydrogens is 246 g/mol. The van der Waals surface area contributed by atoms with E-state index in [1.54, 1.807) is 0 Å². The Morgan fingerprint density at radius 3 is 2.60 bits per heavy atom. The first-order valence-corrected chi connectivity index (χ1v) is 8.31. The number of aliphatic hydroxyl groups excluding tert-OH is 1. The van der Waals surface area contributed by atoms with Crippen LogP contribution in [-0.4, -0.2) is 16.2 Å². The SMILES string of the molecule is CCCCC1CCC(C(O)C(C)c2ccccn2)CC1. The monoisotopic (exact) mass is 275 g/mol. The molecule has 2 rings (SSSR count). The van der Waals surface area contributed by atoms with E-state index >= 15 is 0 Å². The largest absolute Gasteiger partial charge is 0.392 e. The van der Waals surface area contributed by atoms with Gasteiger partial charge in [-0.25, -0.2) is 0 Å². The zero-order valence-electron chi connectivity index (χ0n) is 13.0. The Morgan fingerprint density at radius 2 is 2.00 bits per heavy atom. The molecule has 112 valence electrons. The lowest BCUT2D eigenvalue weighted by atomic mass is 9.75. The molecule has 1 fully saturated rings. The Morgan fingerprint density at radius 1 is 1.25 bits per heavy atom. The van der Waals surface area contributed by atoms with Crippen molar-refractivity contribution in [3.63, 3.8) is 0 Å². The van der Waals surface area contributed by atoms with E-state index in [1.807, 2.05) is 24.4 Å². The predicted molar refractivity (Wildman–Crippen MR) is 83.6 cm³/mol. The van der Waals surface area contributed by atoms with Crippen LogP contribution in [0.3, 0.4) is 0 Å². The van der Waals surface area contributed by atoms with Crippen LogP contribution in [0.5, 0.6) is 0 Å². The van der Waals surface area contributed by atoms with Crippen LogP contribution < -0.4 is 0 Å². The third-order valence-electron chi connectivity index (χ3n) is 5.01. The summed E-state index contributed by atoms with van der Waals surface area (Å²) in [5.74, 6) is 1.52. The van der Waals surface area contributed by atoms with Crippen LogP contribution in [0.4, 0.5) is 0 Å². The van der Waals surface area contributed by atoms with Gasteiger partial charge in [0.25, 0.3) is 0 Å². The van der Waals surface area contributed by atoms with Gasteiger partial charge in [-0.1, -0.05) is 52.0 Å². The number of unbranched alkanes of at least 4 members (excludes halogenated alkanes) is 1. The third-order valence-corrected chi connectivity index (χ3v) is 5.01. The Kier molecular flexibility index (Phi) is 6.03. The summed E-state index contributed by atoms with van der Waals surface area (Å²) in [6.07, 6.45) is 10.6. The number of pyridine rings is 1. The minimum atomic E-state index is -0.239. The van der Waals surface area contributed by atoms with Gasteiger partial charge in [0.2, 0.25) is 0 Å². The molecule has 1 aliphatic carbocycles. The number of aromatic nitrogens is 1. The van der Waals surface area contributed by atoms with Gasteiger partial charge in [-0.05, 0) is 36.8 Å². The maximum atomic E-state index is 10.6. The molecule has 0 aromatic carbocycles. The van der Waals surface area contributed by atoms with Crippen LogP contribution in [0.15, 0.2) is 24.4 Å². The molecular formula is C18H29NO. The van der Waals surface area contributed by atoms with Gasteiger partial charge in [0, 0.05) is 17.8 Å². The maximum absolute atomic E-state index is 10.6. The molecule has 0 saturated heterocycles. The van der Waals surface area contributed by atoms with Gasteiger partial charge >= 0.3 is 0 Å². The van der Waals surface area contributed by atoms with Crippen molar-refractivity contribution in [1.82, 2.24) is 4.98 Å². The summed E-state index contributed by atoms with van der Waals surface area (Å²) in [6.45, 7) is 4.38. The molecule has 0 spiro atoms. The number of hydrogen-bond acceptors (Lipinski definition) is 2. The summed E-state index contributed by atoms with van der Waals surface area (Å²) in [6, 6.07) is 5.97. The van der Waals surface area contributed by atoms with E-state index in [0.717, 1.165) is 11.6 Å². The first kappa shape index (κ1) is 15.5. The molecule has 2 heteroatoms. The quantitative estimate of drug-likeness (QED) is 0.826. The van der Waals surface area contributed by atoms with Gasteiger partial charge in [0.05, 0.1) is 6.10 Å². The van der Waals surface area contributed by atoms with Crippen LogP contribution in [0.2, 0.25) is 0 Å². The fourth-order valence-corrected chi connectivity index (χ4v) is 3.54. The molecule has 1 aromatic rings. The number of aliphatic hydroxyl groups is 1.